The molecule has 0 aromatic carbocycles. The van der Waals surface area contributed by atoms with Gasteiger partial charge in [0.1, 0.15) is 30.3 Å². The fourth-order valence-corrected chi connectivity index (χ4v) is 5.60. The van der Waals surface area contributed by atoms with E-state index < -0.39 is 0 Å². The minimum absolute atomic E-state index is 0.319. The molecule has 2 aromatic rings. The molecule has 7 heteroatoms. The van der Waals surface area contributed by atoms with Gasteiger partial charge in [-0.25, -0.2) is 9.97 Å². The summed E-state index contributed by atoms with van der Waals surface area (Å²) in [4.78, 5) is 14.1. The molecule has 2 saturated heterocycles. The number of hydrogen-bond donors (Lipinski definition) is 2. The van der Waals surface area contributed by atoms with Gasteiger partial charge in [0.15, 0.2) is 5.82 Å². The van der Waals surface area contributed by atoms with Crippen molar-refractivity contribution in [1.82, 2.24) is 9.97 Å². The van der Waals surface area contributed by atoms with Crippen LogP contribution in [0.1, 0.15) is 35.5 Å². The fraction of sp³-hybridized carbons (Fsp3) is 0.684. The number of aryl methyl sites for hydroxylation is 2. The summed E-state index contributed by atoms with van der Waals surface area (Å²) in [5, 5.41) is 4.90. The summed E-state index contributed by atoms with van der Waals surface area (Å²) in [5.74, 6) is 2.00. The monoisotopic (exact) mass is 375 g/mol. The second-order valence-corrected chi connectivity index (χ2v) is 8.66. The number of nitrogens with one attached hydrogen (secondary N) is 2. The minimum Gasteiger partial charge on any atom is -0.376 e. The zero-order chi connectivity index (χ0) is 17.3. The van der Waals surface area contributed by atoms with Gasteiger partial charge in [0.25, 0.3) is 0 Å². The van der Waals surface area contributed by atoms with Crippen molar-refractivity contribution in [2.75, 3.05) is 44.8 Å². The van der Waals surface area contributed by atoms with E-state index in [1.807, 2.05) is 11.3 Å². The van der Waals surface area contributed by atoms with Crippen molar-refractivity contribution in [2.24, 2.45) is 0 Å². The molecule has 3 aliphatic rings. The van der Waals surface area contributed by atoms with Gasteiger partial charge >= 0.3 is 0 Å². The lowest BCUT2D eigenvalue weighted by Crippen LogP contribution is -3.12. The van der Waals surface area contributed by atoms with E-state index >= 15 is 0 Å². The topological polar surface area (TPSA) is 60.7 Å². The van der Waals surface area contributed by atoms with Crippen molar-refractivity contribution in [3.05, 3.63) is 16.3 Å². The van der Waals surface area contributed by atoms with Crippen LogP contribution in [0.3, 0.4) is 0 Å². The zero-order valence-electron chi connectivity index (χ0n) is 15.2. The number of nitrogens with zero attached hydrogens (tertiary/aromatic N) is 2. The predicted octanol–water partition coefficient (Wildman–Crippen LogP) is 1.19. The second-order valence-electron chi connectivity index (χ2n) is 7.58. The summed E-state index contributed by atoms with van der Waals surface area (Å²) in [5.41, 5.74) is 1.49. The molecule has 0 spiro atoms. The van der Waals surface area contributed by atoms with Gasteiger partial charge in [0.05, 0.1) is 24.7 Å². The van der Waals surface area contributed by atoms with Gasteiger partial charge in [-0.1, -0.05) is 0 Å². The van der Waals surface area contributed by atoms with Gasteiger partial charge in [-0.2, -0.15) is 0 Å². The zero-order valence-corrected chi connectivity index (χ0v) is 16.0. The smallest absolute Gasteiger partial charge is 0.187 e. The Morgan fingerprint density at radius 3 is 2.88 bits per heavy atom. The summed E-state index contributed by atoms with van der Waals surface area (Å²) < 4.78 is 11.3. The van der Waals surface area contributed by atoms with Crippen LogP contribution in [0.25, 0.3) is 10.2 Å². The maximum atomic E-state index is 5.79. The quantitative estimate of drug-likeness (QED) is 0.822. The van der Waals surface area contributed by atoms with Crippen molar-refractivity contribution in [1.29, 1.82) is 0 Å². The highest BCUT2D eigenvalue weighted by Crippen LogP contribution is 2.39. The Morgan fingerprint density at radius 2 is 2.04 bits per heavy atom. The van der Waals surface area contributed by atoms with Crippen LogP contribution < -0.4 is 10.2 Å². The maximum absolute atomic E-state index is 5.79. The van der Waals surface area contributed by atoms with Crippen LogP contribution >= 0.6 is 11.3 Å². The molecule has 2 N–H and O–H groups in total. The Balaban J connectivity index is 1.44. The third-order valence-electron chi connectivity index (χ3n) is 5.74. The van der Waals surface area contributed by atoms with Gasteiger partial charge in [-0.3, -0.25) is 0 Å². The highest BCUT2D eigenvalue weighted by atomic mass is 32.1. The molecule has 2 aliphatic heterocycles. The first-order chi connectivity index (χ1) is 12.9. The lowest BCUT2D eigenvalue weighted by molar-refractivity contribution is -0.922. The molecule has 2 aromatic heterocycles. The highest BCUT2D eigenvalue weighted by Gasteiger charge is 2.25. The lowest BCUT2D eigenvalue weighted by atomic mass is 10.2. The molecule has 5 rings (SSSR count). The van der Waals surface area contributed by atoms with E-state index in [1.54, 1.807) is 0 Å². The van der Waals surface area contributed by atoms with E-state index in [4.69, 9.17) is 19.4 Å². The molecule has 1 aliphatic carbocycles. The SMILES string of the molecule is C1Cc2sc3nc(C[NH+]4CCOCC4)nc(NC[C@@H]4CCCO4)c3c2C1. The average molecular weight is 376 g/mol. The van der Waals surface area contributed by atoms with E-state index in [2.05, 4.69) is 5.32 Å². The van der Waals surface area contributed by atoms with Crippen LogP contribution in [0.15, 0.2) is 0 Å². The van der Waals surface area contributed by atoms with Crippen molar-refractivity contribution in [3.8, 4) is 0 Å². The van der Waals surface area contributed by atoms with E-state index in [0.29, 0.717) is 6.10 Å². The average Bonchev–Trinajstić information content (AvgIpc) is 3.37. The van der Waals surface area contributed by atoms with E-state index in [-0.39, 0.29) is 0 Å². The molecule has 0 bridgehead atoms. The van der Waals surface area contributed by atoms with Crippen molar-refractivity contribution in [3.63, 3.8) is 0 Å². The van der Waals surface area contributed by atoms with E-state index in [9.17, 15) is 0 Å². The number of ether oxygens (including phenoxy) is 2. The second kappa shape index (κ2) is 7.38. The fourth-order valence-electron chi connectivity index (χ4n) is 4.32. The van der Waals surface area contributed by atoms with Crippen molar-refractivity contribution in [2.45, 2.75) is 44.8 Å². The number of quaternary nitrogens is 1. The number of anilines is 1. The van der Waals surface area contributed by atoms with Gasteiger partial charge in [0.2, 0.25) is 0 Å². The molecule has 0 radical (unpaired) electrons. The van der Waals surface area contributed by atoms with Gasteiger partial charge in [-0.05, 0) is 37.7 Å². The molecule has 0 amide bonds. The summed E-state index contributed by atoms with van der Waals surface area (Å²) in [6.07, 6.45) is 6.27. The largest absolute Gasteiger partial charge is 0.376 e. The molecule has 0 unspecified atom stereocenters. The molecule has 0 saturated carbocycles. The number of thiophene rings is 1. The first-order valence-corrected chi connectivity index (χ1v) is 10.8. The first kappa shape index (κ1) is 16.9. The van der Waals surface area contributed by atoms with Gasteiger partial charge in [0, 0.05) is 18.0 Å². The minimum atomic E-state index is 0.319. The Bertz CT molecular complexity index is 781. The van der Waals surface area contributed by atoms with Crippen LogP contribution in [0, 0.1) is 0 Å². The van der Waals surface area contributed by atoms with Crippen LogP contribution in [0.2, 0.25) is 0 Å². The molecular formula is C19H27N4O2S+. The number of hydrogen-bond acceptors (Lipinski definition) is 6. The maximum Gasteiger partial charge on any atom is 0.187 e. The molecule has 4 heterocycles. The standard InChI is InChI=1S/C19H26N4O2S/c1-4-14-15(5-1)26-19-17(14)18(20-11-13-3-2-8-25-13)21-16(22-19)12-23-6-9-24-10-7-23/h13H,1-12H2,(H,20,21,22)/p+1/t13-/m0/s1. The lowest BCUT2D eigenvalue weighted by Gasteiger charge is -2.23. The molecule has 26 heavy (non-hydrogen) atoms. The molecule has 2 fully saturated rings. The summed E-state index contributed by atoms with van der Waals surface area (Å²) in [6.45, 7) is 6.40. The predicted molar refractivity (Wildman–Crippen MR) is 102 cm³/mol. The van der Waals surface area contributed by atoms with Crippen molar-refractivity contribution >= 4 is 27.4 Å². The summed E-state index contributed by atoms with van der Waals surface area (Å²) in [7, 11) is 0. The van der Waals surface area contributed by atoms with Crippen LogP contribution in [0.4, 0.5) is 5.82 Å². The van der Waals surface area contributed by atoms with E-state index in [1.165, 1.54) is 51.2 Å². The molecule has 6 nitrogen and oxygen atoms in total. The van der Waals surface area contributed by atoms with Gasteiger partial charge in [-0.15, -0.1) is 11.3 Å². The number of aromatic nitrogens is 2. The van der Waals surface area contributed by atoms with Crippen LogP contribution in [-0.2, 0) is 28.9 Å². The summed E-state index contributed by atoms with van der Waals surface area (Å²) >= 11 is 1.88. The highest BCUT2D eigenvalue weighted by molar-refractivity contribution is 7.19. The first-order valence-electron chi connectivity index (χ1n) is 9.95. The Hall–Kier alpha value is -1.28. The third-order valence-corrected chi connectivity index (χ3v) is 6.93. The van der Waals surface area contributed by atoms with Crippen molar-refractivity contribution < 1.29 is 14.4 Å². The summed E-state index contributed by atoms with van der Waals surface area (Å²) in [6, 6.07) is 0. The van der Waals surface area contributed by atoms with Gasteiger partial charge < -0.3 is 19.7 Å². The van der Waals surface area contributed by atoms with Crippen LogP contribution in [0.5, 0.6) is 0 Å². The Morgan fingerprint density at radius 1 is 1.12 bits per heavy atom. The van der Waals surface area contributed by atoms with E-state index in [0.717, 1.165) is 64.1 Å². The molecular weight excluding hydrogens is 348 g/mol. The number of fused-ring (bicyclic) bond motifs is 3. The third kappa shape index (κ3) is 3.33. The number of rotatable bonds is 5. The normalized spacial score (nSPS) is 23.6. The molecule has 1 atom stereocenters. The number of morpholine rings is 1. The molecule has 140 valence electrons. The Kier molecular flexibility index (Phi) is 4.79. The Labute approximate surface area is 157 Å². The van der Waals surface area contributed by atoms with Crippen LogP contribution in [-0.4, -0.2) is 55.5 Å².